The van der Waals surface area contributed by atoms with Gasteiger partial charge in [-0.1, -0.05) is 18.2 Å². The summed E-state index contributed by atoms with van der Waals surface area (Å²) in [5, 5.41) is 9.05. The van der Waals surface area contributed by atoms with Crippen LogP contribution in [0.3, 0.4) is 0 Å². The maximum absolute atomic E-state index is 13.4. The van der Waals surface area contributed by atoms with E-state index in [2.05, 4.69) is 0 Å². The van der Waals surface area contributed by atoms with E-state index in [1.807, 2.05) is 6.07 Å². The van der Waals surface area contributed by atoms with Crippen LogP contribution in [0.2, 0.25) is 0 Å². The number of rotatable bonds is 3. The quantitative estimate of drug-likeness (QED) is 0.761. The summed E-state index contributed by atoms with van der Waals surface area (Å²) in [4.78, 5) is 0. The van der Waals surface area contributed by atoms with Crippen molar-refractivity contribution >= 4 is 0 Å². The van der Waals surface area contributed by atoms with Crippen molar-refractivity contribution in [3.63, 3.8) is 0 Å². The van der Waals surface area contributed by atoms with Crippen LogP contribution in [0.25, 0.3) is 0 Å². The Morgan fingerprint density at radius 3 is 2.77 bits per heavy atom. The molecule has 0 fully saturated rings. The molecule has 0 aliphatic heterocycles. The highest BCUT2D eigenvalue weighted by Gasteiger charge is 2.05. The molecular formula is C11H15FO. The zero-order chi connectivity index (χ0) is 9.84. The normalized spacial score (nSPS) is 12.9. The van der Waals surface area contributed by atoms with Crippen molar-refractivity contribution in [2.75, 3.05) is 0 Å². The summed E-state index contributed by atoms with van der Waals surface area (Å²) in [7, 11) is 0. The summed E-state index contributed by atoms with van der Waals surface area (Å²) < 4.78 is 13.4. The van der Waals surface area contributed by atoms with Crippen molar-refractivity contribution in [2.45, 2.75) is 32.8 Å². The number of aliphatic hydroxyl groups is 1. The van der Waals surface area contributed by atoms with Crippen molar-refractivity contribution in [2.24, 2.45) is 0 Å². The smallest absolute Gasteiger partial charge is 0.129 e. The van der Waals surface area contributed by atoms with Gasteiger partial charge in [-0.25, -0.2) is 4.39 Å². The second kappa shape index (κ2) is 4.38. The van der Waals surface area contributed by atoms with Crippen LogP contribution in [0.1, 0.15) is 24.5 Å². The third-order valence-corrected chi connectivity index (χ3v) is 2.10. The van der Waals surface area contributed by atoms with Crippen molar-refractivity contribution < 1.29 is 9.50 Å². The summed E-state index contributed by atoms with van der Waals surface area (Å²) in [6, 6.07) is 5.36. The number of halogens is 1. The standard InChI is InChI=1S/C11H15FO/c1-8-4-3-5-10(11(8)12)7-6-9(2)13/h3-5,9,13H,6-7H2,1-2H3. The van der Waals surface area contributed by atoms with Gasteiger partial charge in [0.15, 0.2) is 0 Å². The van der Waals surface area contributed by atoms with Crippen LogP contribution in [-0.2, 0) is 6.42 Å². The minimum absolute atomic E-state index is 0.136. The van der Waals surface area contributed by atoms with Crippen LogP contribution >= 0.6 is 0 Å². The fourth-order valence-electron chi connectivity index (χ4n) is 1.27. The molecule has 0 radical (unpaired) electrons. The van der Waals surface area contributed by atoms with Gasteiger partial charge in [-0.05, 0) is 37.8 Å². The fourth-order valence-corrected chi connectivity index (χ4v) is 1.27. The molecule has 1 atom stereocenters. The van der Waals surface area contributed by atoms with Gasteiger partial charge in [-0.2, -0.15) is 0 Å². The van der Waals surface area contributed by atoms with E-state index >= 15 is 0 Å². The average Bonchev–Trinajstić information content (AvgIpc) is 2.07. The highest BCUT2D eigenvalue weighted by molar-refractivity contribution is 5.24. The molecule has 1 unspecified atom stereocenters. The largest absolute Gasteiger partial charge is 0.393 e. The predicted octanol–water partition coefficient (Wildman–Crippen LogP) is 2.45. The SMILES string of the molecule is Cc1cccc(CCC(C)O)c1F. The second-order valence-electron chi connectivity index (χ2n) is 3.44. The molecule has 0 saturated carbocycles. The van der Waals surface area contributed by atoms with Crippen molar-refractivity contribution in [3.8, 4) is 0 Å². The van der Waals surface area contributed by atoms with Crippen LogP contribution in [0.15, 0.2) is 18.2 Å². The Balaban J connectivity index is 2.71. The van der Waals surface area contributed by atoms with Gasteiger partial charge in [0.25, 0.3) is 0 Å². The zero-order valence-corrected chi connectivity index (χ0v) is 8.05. The second-order valence-corrected chi connectivity index (χ2v) is 3.44. The first-order chi connectivity index (χ1) is 6.11. The molecule has 1 aromatic rings. The lowest BCUT2D eigenvalue weighted by Gasteiger charge is -2.06. The van der Waals surface area contributed by atoms with Gasteiger partial charge in [-0.15, -0.1) is 0 Å². The minimum Gasteiger partial charge on any atom is -0.393 e. The van der Waals surface area contributed by atoms with E-state index in [9.17, 15) is 4.39 Å². The molecule has 0 aliphatic carbocycles. The fraction of sp³-hybridized carbons (Fsp3) is 0.455. The van der Waals surface area contributed by atoms with Crippen molar-refractivity contribution in [3.05, 3.63) is 35.1 Å². The third kappa shape index (κ3) is 2.81. The molecule has 0 saturated heterocycles. The van der Waals surface area contributed by atoms with Crippen LogP contribution in [0.5, 0.6) is 0 Å². The van der Waals surface area contributed by atoms with E-state index in [1.54, 1.807) is 26.0 Å². The van der Waals surface area contributed by atoms with Gasteiger partial charge >= 0.3 is 0 Å². The van der Waals surface area contributed by atoms with E-state index in [0.717, 1.165) is 0 Å². The van der Waals surface area contributed by atoms with Gasteiger partial charge < -0.3 is 5.11 Å². The Kier molecular flexibility index (Phi) is 3.43. The summed E-state index contributed by atoms with van der Waals surface area (Å²) in [6.07, 6.45) is 0.853. The highest BCUT2D eigenvalue weighted by Crippen LogP contribution is 2.14. The lowest BCUT2D eigenvalue weighted by atomic mass is 10.0. The van der Waals surface area contributed by atoms with E-state index in [-0.39, 0.29) is 11.9 Å². The van der Waals surface area contributed by atoms with Gasteiger partial charge in [0.2, 0.25) is 0 Å². The molecule has 0 spiro atoms. The molecule has 0 heterocycles. The molecule has 0 bridgehead atoms. The minimum atomic E-state index is -0.361. The Labute approximate surface area is 78.2 Å². The third-order valence-electron chi connectivity index (χ3n) is 2.10. The molecular weight excluding hydrogens is 167 g/mol. The molecule has 0 aliphatic rings. The lowest BCUT2D eigenvalue weighted by molar-refractivity contribution is 0.184. The lowest BCUT2D eigenvalue weighted by Crippen LogP contribution is -2.03. The van der Waals surface area contributed by atoms with Crippen LogP contribution in [-0.4, -0.2) is 11.2 Å². The summed E-state index contributed by atoms with van der Waals surface area (Å²) in [5.41, 5.74) is 1.36. The Morgan fingerprint density at radius 2 is 2.15 bits per heavy atom. The van der Waals surface area contributed by atoms with Gasteiger partial charge in [-0.3, -0.25) is 0 Å². The predicted molar refractivity (Wildman–Crippen MR) is 51.1 cm³/mol. The van der Waals surface area contributed by atoms with Crippen LogP contribution in [0, 0.1) is 12.7 Å². The monoisotopic (exact) mass is 182 g/mol. The molecule has 0 aromatic heterocycles. The van der Waals surface area contributed by atoms with E-state index in [4.69, 9.17) is 5.11 Å². The van der Waals surface area contributed by atoms with Crippen molar-refractivity contribution in [1.82, 2.24) is 0 Å². The first-order valence-corrected chi connectivity index (χ1v) is 4.53. The molecule has 2 heteroatoms. The average molecular weight is 182 g/mol. The van der Waals surface area contributed by atoms with Gasteiger partial charge in [0.1, 0.15) is 5.82 Å². The summed E-state index contributed by atoms with van der Waals surface area (Å²) in [6.45, 7) is 3.47. The number of hydrogen-bond acceptors (Lipinski definition) is 1. The number of hydrogen-bond donors (Lipinski definition) is 1. The molecule has 72 valence electrons. The van der Waals surface area contributed by atoms with E-state index in [1.165, 1.54) is 0 Å². The molecule has 1 rings (SSSR count). The molecule has 13 heavy (non-hydrogen) atoms. The van der Waals surface area contributed by atoms with E-state index in [0.29, 0.717) is 24.0 Å². The number of aryl methyl sites for hydroxylation is 2. The number of aliphatic hydroxyl groups excluding tert-OH is 1. The summed E-state index contributed by atoms with van der Waals surface area (Å²) >= 11 is 0. The summed E-state index contributed by atoms with van der Waals surface area (Å²) in [5.74, 6) is -0.136. The topological polar surface area (TPSA) is 20.2 Å². The van der Waals surface area contributed by atoms with Gasteiger partial charge in [0, 0.05) is 0 Å². The molecule has 1 N–H and O–H groups in total. The first-order valence-electron chi connectivity index (χ1n) is 4.53. The molecule has 1 aromatic carbocycles. The Hall–Kier alpha value is -0.890. The Morgan fingerprint density at radius 1 is 1.46 bits per heavy atom. The molecule has 0 amide bonds. The van der Waals surface area contributed by atoms with Gasteiger partial charge in [0.05, 0.1) is 6.10 Å². The highest BCUT2D eigenvalue weighted by atomic mass is 19.1. The van der Waals surface area contributed by atoms with Crippen LogP contribution in [0.4, 0.5) is 4.39 Å². The van der Waals surface area contributed by atoms with E-state index < -0.39 is 0 Å². The molecule has 1 nitrogen and oxygen atoms in total. The first kappa shape index (κ1) is 10.2. The number of benzene rings is 1. The van der Waals surface area contributed by atoms with Crippen LogP contribution < -0.4 is 0 Å². The zero-order valence-electron chi connectivity index (χ0n) is 8.05. The Bertz CT molecular complexity index is 281. The van der Waals surface area contributed by atoms with Crippen molar-refractivity contribution in [1.29, 1.82) is 0 Å². The maximum atomic E-state index is 13.4. The maximum Gasteiger partial charge on any atom is 0.129 e.